The van der Waals surface area contributed by atoms with Crippen molar-refractivity contribution in [3.8, 4) is 22.6 Å². The Morgan fingerprint density at radius 1 is 1.03 bits per heavy atom. The fourth-order valence-electron chi connectivity index (χ4n) is 3.66. The summed E-state index contributed by atoms with van der Waals surface area (Å²) in [6, 6.07) is 21.7. The van der Waals surface area contributed by atoms with Crippen LogP contribution < -0.4 is 15.5 Å². The molecule has 1 N–H and O–H groups in total. The minimum absolute atomic E-state index is 0.259. The molecule has 0 aliphatic carbocycles. The zero-order valence-corrected chi connectivity index (χ0v) is 19.9. The first-order valence-corrected chi connectivity index (χ1v) is 11.2. The number of amides is 1. The Morgan fingerprint density at radius 2 is 1.71 bits per heavy atom. The van der Waals surface area contributed by atoms with Crippen LogP contribution in [-0.4, -0.2) is 22.8 Å². The van der Waals surface area contributed by atoms with Gasteiger partial charge in [0, 0.05) is 0 Å². The Balaban J connectivity index is 1.95. The van der Waals surface area contributed by atoms with Crippen molar-refractivity contribution in [3.63, 3.8) is 0 Å². The Hall–Kier alpha value is -3.90. The van der Waals surface area contributed by atoms with E-state index in [9.17, 15) is 9.59 Å². The number of halogens is 1. The van der Waals surface area contributed by atoms with Gasteiger partial charge in [0.15, 0.2) is 0 Å². The molecule has 6 nitrogen and oxygen atoms in total. The number of nitrogens with zero attached hydrogens (tertiary/aromatic N) is 2. The molecule has 4 aromatic rings. The fourth-order valence-corrected chi connectivity index (χ4v) is 3.88. The zero-order valence-electron chi connectivity index (χ0n) is 19.1. The summed E-state index contributed by atoms with van der Waals surface area (Å²) in [4.78, 5) is 26.6. The maximum absolute atomic E-state index is 13.3. The van der Waals surface area contributed by atoms with Crippen LogP contribution in [0.2, 0.25) is 5.02 Å². The molecular weight excluding hydrogens is 450 g/mol. The molecule has 1 amide bonds. The van der Waals surface area contributed by atoms with Gasteiger partial charge in [0.2, 0.25) is 5.43 Å². The van der Waals surface area contributed by atoms with Crippen molar-refractivity contribution in [2.24, 2.45) is 0 Å². The molecule has 0 fully saturated rings. The van der Waals surface area contributed by atoms with Gasteiger partial charge in [0.05, 0.1) is 28.9 Å². The highest BCUT2D eigenvalue weighted by molar-refractivity contribution is 6.34. The van der Waals surface area contributed by atoms with Crippen molar-refractivity contribution >= 4 is 23.3 Å². The number of carbonyl (C=O) groups is 1. The number of aromatic nitrogens is 2. The van der Waals surface area contributed by atoms with E-state index in [0.717, 1.165) is 6.42 Å². The molecule has 1 aromatic heterocycles. The molecule has 0 unspecified atom stereocenters. The van der Waals surface area contributed by atoms with E-state index in [4.69, 9.17) is 16.3 Å². The van der Waals surface area contributed by atoms with Gasteiger partial charge >= 0.3 is 0 Å². The van der Waals surface area contributed by atoms with E-state index < -0.39 is 5.91 Å². The predicted octanol–water partition coefficient (Wildman–Crippen LogP) is 5.68. The molecule has 0 aliphatic heterocycles. The van der Waals surface area contributed by atoms with Crippen LogP contribution in [0.3, 0.4) is 0 Å². The van der Waals surface area contributed by atoms with Crippen molar-refractivity contribution in [1.82, 2.24) is 9.78 Å². The van der Waals surface area contributed by atoms with Gasteiger partial charge < -0.3 is 10.1 Å². The number of hydrogen-bond donors (Lipinski definition) is 1. The van der Waals surface area contributed by atoms with E-state index in [1.165, 1.54) is 5.56 Å². The zero-order chi connectivity index (χ0) is 24.2. The molecule has 0 radical (unpaired) electrons. The maximum Gasteiger partial charge on any atom is 0.258 e. The van der Waals surface area contributed by atoms with Gasteiger partial charge in [0.1, 0.15) is 17.3 Å². The third-order valence-electron chi connectivity index (χ3n) is 5.57. The number of nitrogens with one attached hydrogen (secondary N) is 1. The molecule has 0 saturated heterocycles. The predicted molar refractivity (Wildman–Crippen MR) is 135 cm³/mol. The van der Waals surface area contributed by atoms with E-state index in [2.05, 4.69) is 17.3 Å². The monoisotopic (exact) mass is 473 g/mol. The molecule has 172 valence electrons. The minimum Gasteiger partial charge on any atom is -0.497 e. The number of rotatable bonds is 6. The summed E-state index contributed by atoms with van der Waals surface area (Å²) < 4.78 is 6.85. The van der Waals surface area contributed by atoms with Crippen molar-refractivity contribution in [3.05, 3.63) is 105 Å². The number of anilines is 1. The summed E-state index contributed by atoms with van der Waals surface area (Å²) >= 11 is 6.26. The van der Waals surface area contributed by atoms with Crippen LogP contribution in [0.4, 0.5) is 5.82 Å². The van der Waals surface area contributed by atoms with Crippen molar-refractivity contribution in [1.29, 1.82) is 0 Å². The Kier molecular flexibility index (Phi) is 6.80. The summed E-state index contributed by atoms with van der Waals surface area (Å²) in [5.41, 5.74) is 3.16. The Morgan fingerprint density at radius 3 is 2.32 bits per heavy atom. The van der Waals surface area contributed by atoms with Crippen molar-refractivity contribution in [2.45, 2.75) is 20.3 Å². The third kappa shape index (κ3) is 4.58. The summed E-state index contributed by atoms with van der Waals surface area (Å²) in [5.74, 6) is 0.478. The quantitative estimate of drug-likeness (QED) is 0.390. The second-order valence-corrected chi connectivity index (χ2v) is 8.14. The van der Waals surface area contributed by atoms with Crippen LogP contribution in [0.1, 0.15) is 28.5 Å². The number of methoxy groups -OCH3 is 1. The summed E-state index contributed by atoms with van der Waals surface area (Å²) in [5, 5.41) is 7.74. The van der Waals surface area contributed by atoms with Crippen LogP contribution in [0, 0.1) is 6.92 Å². The largest absolute Gasteiger partial charge is 0.497 e. The van der Waals surface area contributed by atoms with Gasteiger partial charge in [-0.05, 0) is 60.9 Å². The lowest BCUT2D eigenvalue weighted by Crippen LogP contribution is -2.25. The third-order valence-corrected chi connectivity index (χ3v) is 5.90. The lowest BCUT2D eigenvalue weighted by Gasteiger charge is -2.19. The van der Waals surface area contributed by atoms with E-state index in [1.807, 2.05) is 24.3 Å². The minimum atomic E-state index is -0.440. The molecule has 0 spiro atoms. The van der Waals surface area contributed by atoms with E-state index in [0.29, 0.717) is 38.8 Å². The number of benzene rings is 3. The first-order valence-electron chi connectivity index (χ1n) is 10.9. The molecular formula is C27H24ClN3O3. The number of hydrogen-bond acceptors (Lipinski definition) is 4. The van der Waals surface area contributed by atoms with Crippen LogP contribution in [0.5, 0.6) is 5.75 Å². The topological polar surface area (TPSA) is 73.2 Å². The summed E-state index contributed by atoms with van der Waals surface area (Å²) in [6.45, 7) is 3.74. The van der Waals surface area contributed by atoms with E-state index >= 15 is 0 Å². The molecule has 34 heavy (non-hydrogen) atoms. The highest BCUT2D eigenvalue weighted by atomic mass is 35.5. The fraction of sp³-hybridized carbons (Fsp3) is 0.148. The van der Waals surface area contributed by atoms with Crippen molar-refractivity contribution < 1.29 is 9.53 Å². The average Bonchev–Trinajstić information content (AvgIpc) is 2.86. The van der Waals surface area contributed by atoms with Crippen LogP contribution >= 0.6 is 11.6 Å². The molecule has 0 atom stereocenters. The van der Waals surface area contributed by atoms with E-state index in [1.54, 1.807) is 67.2 Å². The van der Waals surface area contributed by atoms with Gasteiger partial charge in [-0.1, -0.05) is 54.9 Å². The smallest absolute Gasteiger partial charge is 0.258 e. The standard InChI is InChI=1S/C27H24ClN3O3/c1-4-18-9-13-20(14-10-18)31-26(29-27(33)22-7-5-6-8-23(22)28)24(25(32)17(2)30-31)19-11-15-21(34-3)16-12-19/h5-16H,4H2,1-3H3,(H,29,33). The molecule has 7 heteroatoms. The molecule has 4 rings (SSSR count). The Bertz CT molecular complexity index is 1390. The van der Waals surface area contributed by atoms with Crippen LogP contribution in [-0.2, 0) is 6.42 Å². The number of ether oxygens (including phenoxy) is 1. The van der Waals surface area contributed by atoms with E-state index in [-0.39, 0.29) is 11.2 Å². The van der Waals surface area contributed by atoms with Gasteiger partial charge in [0.25, 0.3) is 5.91 Å². The lowest BCUT2D eigenvalue weighted by atomic mass is 10.0. The highest BCUT2D eigenvalue weighted by Crippen LogP contribution is 2.29. The summed E-state index contributed by atoms with van der Waals surface area (Å²) in [7, 11) is 1.58. The molecule has 1 heterocycles. The molecule has 0 bridgehead atoms. The van der Waals surface area contributed by atoms with Gasteiger partial charge in [-0.15, -0.1) is 0 Å². The molecule has 0 aliphatic rings. The molecule has 0 saturated carbocycles. The van der Waals surface area contributed by atoms with Gasteiger partial charge in [-0.2, -0.15) is 5.10 Å². The first-order chi connectivity index (χ1) is 16.4. The maximum atomic E-state index is 13.3. The first kappa shape index (κ1) is 23.3. The molecule has 3 aromatic carbocycles. The Labute approximate surface area is 202 Å². The second-order valence-electron chi connectivity index (χ2n) is 7.73. The van der Waals surface area contributed by atoms with Gasteiger partial charge in [-0.25, -0.2) is 4.68 Å². The lowest BCUT2D eigenvalue weighted by molar-refractivity contribution is 0.102. The number of carbonyl (C=O) groups excluding carboxylic acids is 1. The van der Waals surface area contributed by atoms with Crippen LogP contribution in [0.15, 0.2) is 77.6 Å². The average molecular weight is 474 g/mol. The summed E-state index contributed by atoms with van der Waals surface area (Å²) in [6.07, 6.45) is 0.893. The second kappa shape index (κ2) is 9.93. The van der Waals surface area contributed by atoms with Crippen molar-refractivity contribution in [2.75, 3.05) is 12.4 Å². The highest BCUT2D eigenvalue weighted by Gasteiger charge is 2.22. The SMILES string of the molecule is CCc1ccc(-n2nc(C)c(=O)c(-c3ccc(OC)cc3)c2NC(=O)c2ccccc2Cl)cc1. The van der Waals surface area contributed by atoms with Gasteiger partial charge in [-0.3, -0.25) is 9.59 Å². The normalized spacial score (nSPS) is 10.7. The van der Waals surface area contributed by atoms with Crippen LogP contribution in [0.25, 0.3) is 16.8 Å². The number of aryl methyl sites for hydroxylation is 2.